The fourth-order valence-electron chi connectivity index (χ4n) is 3.39. The van der Waals surface area contributed by atoms with Crippen LogP contribution >= 0.6 is 0 Å². The third-order valence-electron chi connectivity index (χ3n) is 4.70. The normalized spacial score (nSPS) is 11.4. The Morgan fingerprint density at radius 1 is 1.17 bits per heavy atom. The first-order valence-corrected chi connectivity index (χ1v) is 10.0. The molecule has 1 aromatic carbocycles. The van der Waals surface area contributed by atoms with Crippen molar-refractivity contribution in [2.75, 3.05) is 19.0 Å². The zero-order chi connectivity index (χ0) is 21.0. The van der Waals surface area contributed by atoms with E-state index in [0.717, 1.165) is 54.0 Å². The van der Waals surface area contributed by atoms with Crippen LogP contribution in [0.4, 0.5) is 5.82 Å². The molecule has 0 aliphatic carbocycles. The van der Waals surface area contributed by atoms with E-state index in [1.54, 1.807) is 7.11 Å². The van der Waals surface area contributed by atoms with Gasteiger partial charge in [-0.05, 0) is 52.2 Å². The summed E-state index contributed by atoms with van der Waals surface area (Å²) in [6.07, 6.45) is 3.07. The van der Waals surface area contributed by atoms with Gasteiger partial charge in [0.05, 0.1) is 24.2 Å². The smallest absolute Gasteiger partial charge is 0.306 e. The second-order valence-corrected chi connectivity index (χ2v) is 7.45. The first-order valence-electron chi connectivity index (χ1n) is 10.0. The highest BCUT2D eigenvalue weighted by molar-refractivity contribution is 5.86. The number of rotatable bonds is 9. The van der Waals surface area contributed by atoms with Gasteiger partial charge in [0.2, 0.25) is 5.65 Å². The van der Waals surface area contributed by atoms with Crippen LogP contribution in [-0.2, 0) is 9.53 Å². The van der Waals surface area contributed by atoms with Gasteiger partial charge in [0, 0.05) is 19.0 Å². The summed E-state index contributed by atoms with van der Waals surface area (Å²) in [6, 6.07) is 3.91. The number of carbonyl (C=O) groups is 1. The number of carbonyl (C=O) groups excluding carboxylic acids is 1. The van der Waals surface area contributed by atoms with Crippen LogP contribution < -0.4 is 10.1 Å². The fourth-order valence-corrected chi connectivity index (χ4v) is 3.39. The maximum atomic E-state index is 11.6. The number of ether oxygens (including phenoxy) is 2. The number of aromatic nitrogens is 4. The standard InChI is InChI=1S/C21H29N5O3/c1-13(2)29-18(27)9-7-6-8-10-22-20-21-25-24-15(4)26(21)19-14(3)11-16(28-5)12-17(19)23-20/h11-13H,6-10H2,1-5H3,(H,22,23). The first-order chi connectivity index (χ1) is 13.9. The minimum Gasteiger partial charge on any atom is -0.497 e. The van der Waals surface area contributed by atoms with Crippen molar-refractivity contribution in [3.8, 4) is 5.75 Å². The largest absolute Gasteiger partial charge is 0.497 e. The quantitative estimate of drug-likeness (QED) is 0.432. The van der Waals surface area contributed by atoms with Gasteiger partial charge in [-0.15, -0.1) is 10.2 Å². The molecule has 0 spiro atoms. The van der Waals surface area contributed by atoms with Crippen LogP contribution in [0.5, 0.6) is 5.75 Å². The Morgan fingerprint density at radius 2 is 1.97 bits per heavy atom. The molecule has 8 nitrogen and oxygen atoms in total. The molecule has 3 rings (SSSR count). The Bertz CT molecular complexity index is 1010. The highest BCUT2D eigenvalue weighted by Gasteiger charge is 2.15. The molecule has 0 amide bonds. The number of nitrogens with zero attached hydrogens (tertiary/aromatic N) is 4. The molecule has 8 heteroatoms. The highest BCUT2D eigenvalue weighted by atomic mass is 16.5. The monoisotopic (exact) mass is 399 g/mol. The van der Waals surface area contributed by atoms with Crippen LogP contribution in [0.3, 0.4) is 0 Å². The van der Waals surface area contributed by atoms with Gasteiger partial charge >= 0.3 is 5.97 Å². The van der Waals surface area contributed by atoms with E-state index in [9.17, 15) is 4.79 Å². The zero-order valence-corrected chi connectivity index (χ0v) is 17.8. The number of nitrogens with one attached hydrogen (secondary N) is 1. The molecule has 2 heterocycles. The minimum absolute atomic E-state index is 0.0561. The molecule has 0 unspecified atom stereocenters. The zero-order valence-electron chi connectivity index (χ0n) is 17.8. The summed E-state index contributed by atoms with van der Waals surface area (Å²) in [4.78, 5) is 16.4. The predicted molar refractivity (Wildman–Crippen MR) is 112 cm³/mol. The number of hydrogen-bond acceptors (Lipinski definition) is 7. The van der Waals surface area contributed by atoms with Gasteiger partial charge < -0.3 is 14.8 Å². The summed E-state index contributed by atoms with van der Waals surface area (Å²) in [7, 11) is 1.65. The number of unbranched alkanes of at least 4 members (excludes halogenated alkanes) is 2. The van der Waals surface area contributed by atoms with Crippen molar-refractivity contribution in [2.24, 2.45) is 0 Å². The molecule has 29 heavy (non-hydrogen) atoms. The summed E-state index contributed by atoms with van der Waals surface area (Å²) < 4.78 is 12.6. The van der Waals surface area contributed by atoms with E-state index in [0.29, 0.717) is 17.9 Å². The molecular weight excluding hydrogens is 370 g/mol. The number of benzene rings is 1. The van der Waals surface area contributed by atoms with E-state index in [-0.39, 0.29) is 12.1 Å². The molecule has 0 saturated heterocycles. The molecule has 0 radical (unpaired) electrons. The average Bonchev–Trinajstić information content (AvgIpc) is 3.05. The molecule has 0 fully saturated rings. The van der Waals surface area contributed by atoms with Gasteiger partial charge in [-0.25, -0.2) is 4.98 Å². The van der Waals surface area contributed by atoms with Crippen LogP contribution in [-0.4, -0.2) is 45.3 Å². The van der Waals surface area contributed by atoms with Crippen LogP contribution in [0.1, 0.15) is 50.9 Å². The molecule has 156 valence electrons. The Kier molecular flexibility index (Phi) is 6.51. The van der Waals surface area contributed by atoms with E-state index in [1.165, 1.54) is 0 Å². The van der Waals surface area contributed by atoms with Gasteiger partial charge in [0.1, 0.15) is 11.6 Å². The van der Waals surface area contributed by atoms with E-state index in [2.05, 4.69) is 15.5 Å². The predicted octanol–water partition coefficient (Wildman–Crippen LogP) is 3.83. The van der Waals surface area contributed by atoms with Gasteiger partial charge in [0.25, 0.3) is 0 Å². The molecule has 3 aromatic rings. The average molecular weight is 399 g/mol. The maximum absolute atomic E-state index is 11.6. The number of aryl methyl sites for hydroxylation is 2. The number of fused-ring (bicyclic) bond motifs is 3. The van der Waals surface area contributed by atoms with Crippen molar-refractivity contribution in [3.05, 3.63) is 23.5 Å². The summed E-state index contributed by atoms with van der Waals surface area (Å²) in [5.41, 5.74) is 3.58. The number of anilines is 1. The van der Waals surface area contributed by atoms with Gasteiger partial charge in [-0.1, -0.05) is 6.42 Å². The van der Waals surface area contributed by atoms with Crippen molar-refractivity contribution < 1.29 is 14.3 Å². The van der Waals surface area contributed by atoms with E-state index >= 15 is 0 Å². The van der Waals surface area contributed by atoms with Gasteiger partial charge in [-0.3, -0.25) is 9.20 Å². The van der Waals surface area contributed by atoms with Crippen molar-refractivity contribution in [1.82, 2.24) is 19.6 Å². The maximum Gasteiger partial charge on any atom is 0.306 e. The molecule has 0 atom stereocenters. The summed E-state index contributed by atoms with van der Waals surface area (Å²) in [5.74, 6) is 2.15. The molecular formula is C21H29N5O3. The highest BCUT2D eigenvalue weighted by Crippen LogP contribution is 2.28. The summed E-state index contributed by atoms with van der Waals surface area (Å²) >= 11 is 0. The molecule has 0 bridgehead atoms. The van der Waals surface area contributed by atoms with E-state index in [4.69, 9.17) is 14.5 Å². The lowest BCUT2D eigenvalue weighted by atomic mass is 10.1. The Hall–Kier alpha value is -2.90. The number of methoxy groups -OCH3 is 1. The third-order valence-corrected chi connectivity index (χ3v) is 4.70. The van der Waals surface area contributed by atoms with Gasteiger partial charge in [0.15, 0.2) is 5.82 Å². The third kappa shape index (κ3) is 4.75. The van der Waals surface area contributed by atoms with Crippen LogP contribution in [0.2, 0.25) is 0 Å². The summed E-state index contributed by atoms with van der Waals surface area (Å²) in [6.45, 7) is 8.43. The lowest BCUT2D eigenvalue weighted by Gasteiger charge is -2.12. The first kappa shape index (κ1) is 20.8. The van der Waals surface area contributed by atoms with Crippen molar-refractivity contribution in [1.29, 1.82) is 0 Å². The second kappa shape index (κ2) is 9.07. The summed E-state index contributed by atoms with van der Waals surface area (Å²) in [5, 5.41) is 11.9. The van der Waals surface area contributed by atoms with Gasteiger partial charge in [-0.2, -0.15) is 0 Å². The topological polar surface area (TPSA) is 90.6 Å². The lowest BCUT2D eigenvalue weighted by molar-refractivity contribution is -0.147. The lowest BCUT2D eigenvalue weighted by Crippen LogP contribution is -2.11. The Balaban J connectivity index is 1.70. The van der Waals surface area contributed by atoms with Crippen LogP contribution in [0.25, 0.3) is 16.7 Å². The van der Waals surface area contributed by atoms with Crippen molar-refractivity contribution in [3.63, 3.8) is 0 Å². The fraction of sp³-hybridized carbons (Fsp3) is 0.524. The minimum atomic E-state index is -0.130. The Morgan fingerprint density at radius 3 is 2.69 bits per heavy atom. The number of hydrogen-bond donors (Lipinski definition) is 1. The van der Waals surface area contributed by atoms with E-state index in [1.807, 2.05) is 44.2 Å². The van der Waals surface area contributed by atoms with Crippen LogP contribution in [0.15, 0.2) is 12.1 Å². The molecule has 0 aliphatic heterocycles. The Labute approximate surface area is 170 Å². The molecule has 1 N–H and O–H groups in total. The van der Waals surface area contributed by atoms with E-state index < -0.39 is 0 Å². The molecule has 2 aromatic heterocycles. The van der Waals surface area contributed by atoms with Crippen molar-refractivity contribution >= 4 is 28.5 Å². The number of esters is 1. The van der Waals surface area contributed by atoms with Crippen LogP contribution in [0, 0.1) is 13.8 Å². The SMILES string of the molecule is COc1cc(C)c2c(c1)nc(NCCCCCC(=O)OC(C)C)c1nnc(C)n12. The van der Waals surface area contributed by atoms with Crippen molar-refractivity contribution in [2.45, 2.75) is 59.5 Å². The second-order valence-electron chi connectivity index (χ2n) is 7.45. The molecule has 0 saturated carbocycles. The molecule has 0 aliphatic rings.